The van der Waals surface area contributed by atoms with Crippen LogP contribution in [0.15, 0.2) is 95.9 Å². The first-order valence-electron chi connectivity index (χ1n) is 10.8. The van der Waals surface area contributed by atoms with Gasteiger partial charge in [-0.15, -0.1) is 0 Å². The molecule has 168 valence electrons. The van der Waals surface area contributed by atoms with E-state index in [1.54, 1.807) is 18.2 Å². The van der Waals surface area contributed by atoms with Crippen LogP contribution in [0.25, 0.3) is 16.8 Å². The van der Waals surface area contributed by atoms with Crippen molar-refractivity contribution in [3.05, 3.63) is 118 Å². The molecule has 4 nitrogen and oxygen atoms in total. The molecule has 34 heavy (non-hydrogen) atoms. The van der Waals surface area contributed by atoms with Gasteiger partial charge in [-0.1, -0.05) is 78.3 Å². The van der Waals surface area contributed by atoms with Crippen LogP contribution < -0.4 is 4.74 Å². The minimum atomic E-state index is -0.299. The third-order valence-electron chi connectivity index (χ3n) is 5.56. The summed E-state index contributed by atoms with van der Waals surface area (Å²) in [6.45, 7) is 0.649. The molecule has 0 spiro atoms. The van der Waals surface area contributed by atoms with Crippen LogP contribution in [0, 0.1) is 0 Å². The smallest absolute Gasteiger partial charge is 0.293 e. The number of benzene rings is 4. The second-order valence-electron chi connectivity index (χ2n) is 7.89. The number of hydrogen-bond donors (Lipinski definition) is 0. The standard InChI is InChI=1S/C28H20ClNO3S/c29-23-13-11-19(12-14-23)17-30-27(31)26(34-28(30)32)16-20-5-3-9-24(15-20)33-18-22-8-4-7-21-6-1-2-10-25(21)22/h1-16H,17-18H2/b26-16+. The number of carbonyl (C=O) groups is 2. The monoisotopic (exact) mass is 485 g/mol. The molecule has 0 bridgehead atoms. The molecule has 6 heteroatoms. The number of fused-ring (bicyclic) bond motifs is 1. The van der Waals surface area contributed by atoms with Crippen molar-refractivity contribution in [3.63, 3.8) is 0 Å². The fourth-order valence-corrected chi connectivity index (χ4v) is 4.80. The zero-order chi connectivity index (χ0) is 23.5. The van der Waals surface area contributed by atoms with Gasteiger partial charge in [0.15, 0.2) is 0 Å². The Morgan fingerprint density at radius 1 is 0.882 bits per heavy atom. The van der Waals surface area contributed by atoms with Crippen LogP contribution in [0.4, 0.5) is 4.79 Å². The predicted molar refractivity (Wildman–Crippen MR) is 138 cm³/mol. The number of thioether (sulfide) groups is 1. The fourth-order valence-electron chi connectivity index (χ4n) is 3.83. The van der Waals surface area contributed by atoms with Gasteiger partial charge in [0.25, 0.3) is 11.1 Å². The highest BCUT2D eigenvalue weighted by atomic mass is 35.5. The van der Waals surface area contributed by atoms with Crippen molar-refractivity contribution >= 4 is 51.4 Å². The molecule has 4 aromatic rings. The van der Waals surface area contributed by atoms with Gasteiger partial charge in [-0.2, -0.15) is 0 Å². The summed E-state index contributed by atoms with van der Waals surface area (Å²) in [5.41, 5.74) is 2.75. The van der Waals surface area contributed by atoms with Gasteiger partial charge in [0.2, 0.25) is 0 Å². The lowest BCUT2D eigenvalue weighted by Gasteiger charge is -2.12. The molecule has 2 amide bonds. The molecule has 0 saturated carbocycles. The van der Waals surface area contributed by atoms with Crippen LogP contribution in [0.5, 0.6) is 5.75 Å². The van der Waals surface area contributed by atoms with E-state index in [9.17, 15) is 9.59 Å². The van der Waals surface area contributed by atoms with Gasteiger partial charge in [0, 0.05) is 5.02 Å². The van der Waals surface area contributed by atoms with Crippen LogP contribution in [0.3, 0.4) is 0 Å². The van der Waals surface area contributed by atoms with Crippen LogP contribution >= 0.6 is 23.4 Å². The van der Waals surface area contributed by atoms with E-state index in [0.717, 1.165) is 33.8 Å². The van der Waals surface area contributed by atoms with Crippen LogP contribution in [-0.2, 0) is 17.9 Å². The molecule has 1 saturated heterocycles. The predicted octanol–water partition coefficient (Wildman–Crippen LogP) is 7.31. The molecule has 1 aliphatic heterocycles. The van der Waals surface area contributed by atoms with Gasteiger partial charge < -0.3 is 4.74 Å². The van der Waals surface area contributed by atoms with Gasteiger partial charge in [-0.3, -0.25) is 14.5 Å². The summed E-state index contributed by atoms with van der Waals surface area (Å²) in [5, 5.41) is 2.66. The summed E-state index contributed by atoms with van der Waals surface area (Å²) in [5.74, 6) is 0.397. The second kappa shape index (κ2) is 9.75. The maximum Gasteiger partial charge on any atom is 0.293 e. The fraction of sp³-hybridized carbons (Fsp3) is 0.0714. The minimum Gasteiger partial charge on any atom is -0.489 e. The molecule has 0 radical (unpaired) electrons. The molecule has 1 aliphatic rings. The average molecular weight is 486 g/mol. The first-order valence-corrected chi connectivity index (χ1v) is 12.0. The Balaban J connectivity index is 1.30. The van der Waals surface area contributed by atoms with Gasteiger partial charge in [0.1, 0.15) is 12.4 Å². The highest BCUT2D eigenvalue weighted by Gasteiger charge is 2.34. The molecule has 0 aliphatic carbocycles. The van der Waals surface area contributed by atoms with Gasteiger partial charge >= 0.3 is 0 Å². The van der Waals surface area contributed by atoms with Crippen LogP contribution in [-0.4, -0.2) is 16.0 Å². The summed E-state index contributed by atoms with van der Waals surface area (Å²) < 4.78 is 6.05. The van der Waals surface area contributed by atoms with E-state index in [1.807, 2.05) is 54.6 Å². The lowest BCUT2D eigenvalue weighted by atomic mass is 10.1. The number of ether oxygens (including phenoxy) is 1. The molecular weight excluding hydrogens is 466 g/mol. The number of rotatable bonds is 6. The lowest BCUT2D eigenvalue weighted by molar-refractivity contribution is -0.123. The quantitative estimate of drug-likeness (QED) is 0.269. The Labute approximate surface area is 206 Å². The number of amides is 2. The Hall–Kier alpha value is -3.54. The summed E-state index contributed by atoms with van der Waals surface area (Å²) in [4.78, 5) is 27.0. The third kappa shape index (κ3) is 4.86. The summed E-state index contributed by atoms with van der Waals surface area (Å²) in [6.07, 6.45) is 1.73. The Morgan fingerprint density at radius 3 is 2.50 bits per heavy atom. The van der Waals surface area contributed by atoms with E-state index in [2.05, 4.69) is 24.3 Å². The lowest BCUT2D eigenvalue weighted by Crippen LogP contribution is -2.27. The average Bonchev–Trinajstić information content (AvgIpc) is 3.11. The minimum absolute atomic E-state index is 0.216. The molecule has 1 heterocycles. The second-order valence-corrected chi connectivity index (χ2v) is 9.32. The first kappa shape index (κ1) is 22.3. The number of halogens is 1. The summed E-state index contributed by atoms with van der Waals surface area (Å²) in [6, 6.07) is 29.0. The van der Waals surface area contributed by atoms with Gasteiger partial charge in [-0.25, -0.2) is 0 Å². The number of imide groups is 1. The Morgan fingerprint density at radius 2 is 1.65 bits per heavy atom. The number of nitrogens with zero attached hydrogens (tertiary/aromatic N) is 1. The normalized spacial score (nSPS) is 14.9. The van der Waals surface area contributed by atoms with Gasteiger partial charge in [0.05, 0.1) is 11.4 Å². The maximum atomic E-state index is 12.9. The van der Waals surface area contributed by atoms with Crippen molar-refractivity contribution in [1.29, 1.82) is 0 Å². The molecule has 0 atom stereocenters. The zero-order valence-electron chi connectivity index (χ0n) is 18.1. The molecule has 0 aromatic heterocycles. The van der Waals surface area contributed by atoms with Gasteiger partial charge in [-0.05, 0) is 69.6 Å². The van der Waals surface area contributed by atoms with E-state index < -0.39 is 0 Å². The first-order chi connectivity index (χ1) is 16.6. The van der Waals surface area contributed by atoms with Crippen molar-refractivity contribution in [2.24, 2.45) is 0 Å². The molecular formula is C28H20ClNO3S. The number of carbonyl (C=O) groups excluding carboxylic acids is 2. The number of hydrogen-bond acceptors (Lipinski definition) is 4. The molecule has 5 rings (SSSR count). The van der Waals surface area contributed by atoms with E-state index in [0.29, 0.717) is 22.3 Å². The van der Waals surface area contributed by atoms with Crippen molar-refractivity contribution in [1.82, 2.24) is 4.90 Å². The zero-order valence-corrected chi connectivity index (χ0v) is 19.7. The van der Waals surface area contributed by atoms with E-state index in [-0.39, 0.29) is 17.7 Å². The Bertz CT molecular complexity index is 1410. The highest BCUT2D eigenvalue weighted by Crippen LogP contribution is 2.34. The van der Waals surface area contributed by atoms with Crippen molar-refractivity contribution in [3.8, 4) is 5.75 Å². The largest absolute Gasteiger partial charge is 0.489 e. The van der Waals surface area contributed by atoms with Crippen molar-refractivity contribution in [2.45, 2.75) is 13.2 Å². The SMILES string of the molecule is O=C1S/C(=C/c2cccc(OCc3cccc4ccccc34)c2)C(=O)N1Cc1ccc(Cl)cc1. The van der Waals surface area contributed by atoms with Crippen molar-refractivity contribution in [2.75, 3.05) is 0 Å². The third-order valence-corrected chi connectivity index (χ3v) is 6.72. The van der Waals surface area contributed by atoms with E-state index in [1.165, 1.54) is 10.3 Å². The van der Waals surface area contributed by atoms with E-state index in [4.69, 9.17) is 16.3 Å². The summed E-state index contributed by atoms with van der Waals surface area (Å²) in [7, 11) is 0. The molecule has 0 unspecified atom stereocenters. The topological polar surface area (TPSA) is 46.6 Å². The maximum absolute atomic E-state index is 12.9. The van der Waals surface area contributed by atoms with Crippen LogP contribution in [0.2, 0.25) is 5.02 Å². The summed E-state index contributed by atoms with van der Waals surface area (Å²) >= 11 is 6.87. The molecule has 0 N–H and O–H groups in total. The molecule has 4 aromatic carbocycles. The molecule has 1 fully saturated rings. The van der Waals surface area contributed by atoms with Crippen LogP contribution in [0.1, 0.15) is 16.7 Å². The van der Waals surface area contributed by atoms with Crippen molar-refractivity contribution < 1.29 is 14.3 Å². The Kier molecular flexibility index (Phi) is 6.39. The van der Waals surface area contributed by atoms with E-state index >= 15 is 0 Å². The highest BCUT2D eigenvalue weighted by molar-refractivity contribution is 8.18.